The van der Waals surface area contributed by atoms with Gasteiger partial charge < -0.3 is 4.74 Å². The van der Waals surface area contributed by atoms with E-state index in [-0.39, 0.29) is 0 Å². The van der Waals surface area contributed by atoms with Crippen LogP contribution < -0.4 is 4.74 Å². The summed E-state index contributed by atoms with van der Waals surface area (Å²) in [6.45, 7) is 5.33. The molecule has 34 heavy (non-hydrogen) atoms. The van der Waals surface area contributed by atoms with Gasteiger partial charge in [-0.25, -0.2) is 0 Å². The van der Waals surface area contributed by atoms with Crippen LogP contribution in [0.25, 0.3) is 0 Å². The molecule has 0 radical (unpaired) electrons. The van der Waals surface area contributed by atoms with Crippen LogP contribution in [0.2, 0.25) is 0 Å². The highest BCUT2D eigenvalue weighted by molar-refractivity contribution is 5.27. The van der Waals surface area contributed by atoms with E-state index in [0.717, 1.165) is 29.4 Å². The number of unbranched alkanes of at least 4 members (excludes halogenated alkanes) is 4. The Hall–Kier alpha value is -1.24. The smallest absolute Gasteiger partial charge is 0.119 e. The molecular weight excluding hydrogens is 412 g/mol. The Morgan fingerprint density at radius 2 is 1.29 bits per heavy atom. The highest BCUT2D eigenvalue weighted by Gasteiger charge is 2.21. The molecule has 0 aromatic heterocycles. The second kappa shape index (κ2) is 16.4. The molecule has 0 unspecified atom stereocenters. The van der Waals surface area contributed by atoms with Gasteiger partial charge in [-0.05, 0) is 79.9 Å². The third-order valence-corrected chi connectivity index (χ3v) is 8.79. The molecule has 192 valence electrons. The molecule has 3 rings (SSSR count). The number of allylic oxidation sites excluding steroid dienone is 1. The first-order valence-corrected chi connectivity index (χ1v) is 15.1. The molecule has 2 saturated carbocycles. The van der Waals surface area contributed by atoms with Crippen molar-refractivity contribution in [3.05, 3.63) is 42.0 Å². The zero-order chi connectivity index (χ0) is 23.8. The number of rotatable bonds is 15. The predicted molar refractivity (Wildman–Crippen MR) is 149 cm³/mol. The fourth-order valence-electron chi connectivity index (χ4n) is 6.44. The van der Waals surface area contributed by atoms with Crippen molar-refractivity contribution >= 4 is 0 Å². The lowest BCUT2D eigenvalue weighted by molar-refractivity contribution is 0.248. The SMILES string of the molecule is CCCCCCC[C@H]1CC[C@H](CCc2ccc(OC/C=C/[C@H]3CC[C@H](CCC)CC3)cc2)CC1. The number of benzene rings is 1. The molecule has 0 bridgehead atoms. The van der Waals surface area contributed by atoms with E-state index in [1.807, 2.05) is 0 Å². The Morgan fingerprint density at radius 1 is 0.676 bits per heavy atom. The van der Waals surface area contributed by atoms with Crippen molar-refractivity contribution < 1.29 is 4.74 Å². The standard InChI is InChI=1S/C33H54O/c1-3-5-6-7-8-11-29-17-19-31(20-18-29)21-22-32-23-25-33(26-24-32)34-27-9-12-30-15-13-28(10-4-2)14-16-30/h9,12,23-26,28-31H,3-8,10-11,13-22,27H2,1-2H3/b12-9+/t28-,29-,30-,31-. The van der Waals surface area contributed by atoms with Gasteiger partial charge in [-0.15, -0.1) is 0 Å². The van der Waals surface area contributed by atoms with Crippen LogP contribution in [0.15, 0.2) is 36.4 Å². The van der Waals surface area contributed by atoms with Crippen LogP contribution in [0.3, 0.4) is 0 Å². The van der Waals surface area contributed by atoms with Crippen molar-refractivity contribution in [2.24, 2.45) is 23.7 Å². The Morgan fingerprint density at radius 3 is 1.97 bits per heavy atom. The lowest BCUT2D eigenvalue weighted by Gasteiger charge is -2.28. The second-order valence-corrected chi connectivity index (χ2v) is 11.6. The molecule has 1 nitrogen and oxygen atoms in total. The minimum Gasteiger partial charge on any atom is -0.490 e. The summed E-state index contributed by atoms with van der Waals surface area (Å²) >= 11 is 0. The summed E-state index contributed by atoms with van der Waals surface area (Å²) in [6.07, 6.45) is 30.2. The Bertz CT molecular complexity index is 644. The topological polar surface area (TPSA) is 9.23 Å². The lowest BCUT2D eigenvalue weighted by Crippen LogP contribution is -2.15. The Labute approximate surface area is 212 Å². The van der Waals surface area contributed by atoms with Crippen molar-refractivity contribution in [3.63, 3.8) is 0 Å². The van der Waals surface area contributed by atoms with E-state index < -0.39 is 0 Å². The van der Waals surface area contributed by atoms with E-state index in [1.165, 1.54) is 121 Å². The fourth-order valence-corrected chi connectivity index (χ4v) is 6.44. The maximum absolute atomic E-state index is 5.98. The molecular formula is C33H54O. The second-order valence-electron chi connectivity index (χ2n) is 11.6. The maximum Gasteiger partial charge on any atom is 0.119 e. The van der Waals surface area contributed by atoms with E-state index in [0.29, 0.717) is 6.61 Å². The maximum atomic E-state index is 5.98. The zero-order valence-corrected chi connectivity index (χ0v) is 22.6. The van der Waals surface area contributed by atoms with Crippen molar-refractivity contribution in [1.82, 2.24) is 0 Å². The lowest BCUT2D eigenvalue weighted by atomic mass is 9.78. The molecule has 0 aliphatic heterocycles. The number of hydrogen-bond acceptors (Lipinski definition) is 1. The molecule has 0 spiro atoms. The van der Waals surface area contributed by atoms with Crippen LogP contribution in [0, 0.1) is 23.7 Å². The molecule has 2 aliphatic carbocycles. The summed E-state index contributed by atoms with van der Waals surface area (Å²) < 4.78 is 5.98. The number of aryl methyl sites for hydroxylation is 1. The number of hydrogen-bond donors (Lipinski definition) is 0. The summed E-state index contributed by atoms with van der Waals surface area (Å²) in [5, 5.41) is 0. The first kappa shape index (κ1) is 27.3. The summed E-state index contributed by atoms with van der Waals surface area (Å²) in [5.41, 5.74) is 1.48. The molecule has 2 aliphatic rings. The van der Waals surface area contributed by atoms with Gasteiger partial charge in [0.15, 0.2) is 0 Å². The van der Waals surface area contributed by atoms with Crippen LogP contribution in [0.4, 0.5) is 0 Å². The van der Waals surface area contributed by atoms with Gasteiger partial charge in [0.25, 0.3) is 0 Å². The molecule has 0 saturated heterocycles. The van der Waals surface area contributed by atoms with Gasteiger partial charge in [-0.1, -0.05) is 115 Å². The molecule has 1 heteroatoms. The molecule has 1 aromatic carbocycles. The highest BCUT2D eigenvalue weighted by Crippen LogP contribution is 2.35. The first-order valence-electron chi connectivity index (χ1n) is 15.1. The highest BCUT2D eigenvalue weighted by atomic mass is 16.5. The van der Waals surface area contributed by atoms with Crippen LogP contribution in [-0.4, -0.2) is 6.61 Å². The molecule has 1 aromatic rings. The van der Waals surface area contributed by atoms with Crippen molar-refractivity contribution in [2.45, 2.75) is 129 Å². The zero-order valence-electron chi connectivity index (χ0n) is 22.6. The summed E-state index contributed by atoms with van der Waals surface area (Å²) in [5.74, 6) is 4.76. The third-order valence-electron chi connectivity index (χ3n) is 8.79. The summed E-state index contributed by atoms with van der Waals surface area (Å²) in [7, 11) is 0. The van der Waals surface area contributed by atoms with Crippen LogP contribution in [-0.2, 0) is 6.42 Å². The molecule has 0 N–H and O–H groups in total. The average Bonchev–Trinajstić information content (AvgIpc) is 2.88. The largest absolute Gasteiger partial charge is 0.490 e. The van der Waals surface area contributed by atoms with Gasteiger partial charge >= 0.3 is 0 Å². The van der Waals surface area contributed by atoms with E-state index >= 15 is 0 Å². The Balaban J connectivity index is 1.24. The van der Waals surface area contributed by atoms with Crippen LogP contribution >= 0.6 is 0 Å². The van der Waals surface area contributed by atoms with E-state index in [9.17, 15) is 0 Å². The van der Waals surface area contributed by atoms with Crippen LogP contribution in [0.1, 0.15) is 129 Å². The normalized spacial score (nSPS) is 25.6. The average molecular weight is 467 g/mol. The quantitative estimate of drug-likeness (QED) is 0.184. The van der Waals surface area contributed by atoms with Gasteiger partial charge in [0.1, 0.15) is 12.4 Å². The molecule has 0 amide bonds. The minimum atomic E-state index is 0.704. The first-order chi connectivity index (χ1) is 16.8. The minimum absolute atomic E-state index is 0.704. The van der Waals surface area contributed by atoms with Gasteiger partial charge in [0.05, 0.1) is 0 Å². The van der Waals surface area contributed by atoms with Crippen molar-refractivity contribution in [2.75, 3.05) is 6.61 Å². The molecule has 0 heterocycles. The monoisotopic (exact) mass is 466 g/mol. The van der Waals surface area contributed by atoms with E-state index in [4.69, 9.17) is 4.74 Å². The summed E-state index contributed by atoms with van der Waals surface area (Å²) in [4.78, 5) is 0. The predicted octanol–water partition coefficient (Wildman–Crippen LogP) is 10.3. The number of ether oxygens (including phenoxy) is 1. The van der Waals surface area contributed by atoms with Gasteiger partial charge in [0.2, 0.25) is 0 Å². The van der Waals surface area contributed by atoms with Crippen LogP contribution in [0.5, 0.6) is 5.75 Å². The third kappa shape index (κ3) is 10.6. The van der Waals surface area contributed by atoms with Gasteiger partial charge in [0, 0.05) is 0 Å². The van der Waals surface area contributed by atoms with Gasteiger partial charge in [-0.2, -0.15) is 0 Å². The Kier molecular flexibility index (Phi) is 13.2. The van der Waals surface area contributed by atoms with E-state index in [1.54, 1.807) is 0 Å². The summed E-state index contributed by atoms with van der Waals surface area (Å²) in [6, 6.07) is 8.93. The van der Waals surface area contributed by atoms with Crippen molar-refractivity contribution in [1.29, 1.82) is 0 Å². The van der Waals surface area contributed by atoms with Crippen molar-refractivity contribution in [3.8, 4) is 5.75 Å². The fraction of sp³-hybridized carbons (Fsp3) is 0.758. The van der Waals surface area contributed by atoms with E-state index in [2.05, 4.69) is 50.3 Å². The van der Waals surface area contributed by atoms with Gasteiger partial charge in [-0.3, -0.25) is 0 Å². The molecule has 2 fully saturated rings. The molecule has 0 atom stereocenters.